The molecule has 1 N–H and O–H groups in total. The first-order valence-corrected chi connectivity index (χ1v) is 15.7. The summed E-state index contributed by atoms with van der Waals surface area (Å²) in [6.45, 7) is 6.31. The maximum absolute atomic E-state index is 12.9. The van der Waals surface area contributed by atoms with E-state index >= 15 is 0 Å². The molecule has 0 aromatic heterocycles. The number of ether oxygens (including phenoxy) is 3. The fourth-order valence-corrected chi connectivity index (χ4v) is 4.71. The van der Waals surface area contributed by atoms with Gasteiger partial charge in [-0.2, -0.15) is 0 Å². The van der Waals surface area contributed by atoms with Gasteiger partial charge in [-0.25, -0.2) is 0 Å². The molecule has 1 unspecified atom stereocenters. The molecule has 0 saturated carbocycles. The van der Waals surface area contributed by atoms with Crippen molar-refractivity contribution in [2.24, 2.45) is 0 Å². The van der Waals surface area contributed by atoms with Crippen LogP contribution in [0.2, 0.25) is 0 Å². The van der Waals surface area contributed by atoms with Crippen LogP contribution < -0.4 is 5.32 Å². The van der Waals surface area contributed by atoms with Crippen LogP contribution in [0.4, 0.5) is 0 Å². The molecule has 0 aliphatic rings. The van der Waals surface area contributed by atoms with Gasteiger partial charge in [-0.1, -0.05) is 31.0 Å². The van der Waals surface area contributed by atoms with Crippen LogP contribution in [0.5, 0.6) is 0 Å². The lowest BCUT2D eigenvalue weighted by Gasteiger charge is -2.17. The van der Waals surface area contributed by atoms with Crippen LogP contribution in [-0.4, -0.2) is 66.3 Å². The molecule has 0 aliphatic carbocycles. The Kier molecular flexibility index (Phi) is 24.0. The number of carbonyl (C=O) groups is 6. The number of carbonyl (C=O) groups excluding carboxylic acids is 6. The van der Waals surface area contributed by atoms with Crippen molar-refractivity contribution in [3.63, 3.8) is 0 Å². The number of ketones is 1. The van der Waals surface area contributed by atoms with Crippen molar-refractivity contribution in [3.8, 4) is 0 Å². The number of thioether (sulfide) groups is 1. The van der Waals surface area contributed by atoms with Crippen molar-refractivity contribution in [2.75, 3.05) is 25.6 Å². The molecule has 11 heteroatoms. The minimum Gasteiger partial charge on any atom is -0.466 e. The predicted octanol–water partition coefficient (Wildman–Crippen LogP) is 4.84. The SMILES string of the molecule is CCOC(=O)CCCCCC(=O)NC(CSC(=O)CCCCCC(=O)OCC)C(=O)CCCCCC(=O)OCC. The van der Waals surface area contributed by atoms with Crippen LogP contribution in [0.3, 0.4) is 0 Å². The van der Waals surface area contributed by atoms with E-state index in [4.69, 9.17) is 14.2 Å². The van der Waals surface area contributed by atoms with Crippen molar-refractivity contribution in [1.29, 1.82) is 0 Å². The first kappa shape index (κ1) is 37.6. The molecule has 0 rings (SSSR count). The van der Waals surface area contributed by atoms with E-state index in [2.05, 4.69) is 5.32 Å². The zero-order chi connectivity index (χ0) is 30.0. The number of rotatable bonds is 25. The van der Waals surface area contributed by atoms with Gasteiger partial charge >= 0.3 is 17.9 Å². The van der Waals surface area contributed by atoms with Crippen molar-refractivity contribution >= 4 is 46.5 Å². The van der Waals surface area contributed by atoms with Crippen LogP contribution in [0.15, 0.2) is 0 Å². The predicted molar refractivity (Wildman–Crippen MR) is 154 cm³/mol. The average molecular weight is 588 g/mol. The second-order valence-electron chi connectivity index (χ2n) is 9.37. The summed E-state index contributed by atoms with van der Waals surface area (Å²) in [5.74, 6) is -0.971. The normalized spacial score (nSPS) is 11.4. The third-order valence-electron chi connectivity index (χ3n) is 5.90. The van der Waals surface area contributed by atoms with Crippen LogP contribution in [0.1, 0.15) is 117 Å². The second-order valence-corrected chi connectivity index (χ2v) is 10.4. The molecule has 0 aromatic rings. The summed E-state index contributed by atoms with van der Waals surface area (Å²) < 4.78 is 14.7. The summed E-state index contributed by atoms with van der Waals surface area (Å²) in [6, 6.07) is -0.769. The van der Waals surface area contributed by atoms with Crippen molar-refractivity contribution in [3.05, 3.63) is 0 Å². The van der Waals surface area contributed by atoms with E-state index < -0.39 is 6.04 Å². The van der Waals surface area contributed by atoms with Crippen LogP contribution in [-0.2, 0) is 43.0 Å². The Labute approximate surface area is 243 Å². The highest BCUT2D eigenvalue weighted by Crippen LogP contribution is 2.15. The highest BCUT2D eigenvalue weighted by Gasteiger charge is 2.22. The number of hydrogen-bond donors (Lipinski definition) is 1. The monoisotopic (exact) mass is 587 g/mol. The molecule has 0 radical (unpaired) electrons. The first-order chi connectivity index (χ1) is 19.2. The molecule has 10 nitrogen and oxygen atoms in total. The molecule has 0 aromatic carbocycles. The molecule has 1 atom stereocenters. The number of nitrogens with one attached hydrogen (secondary N) is 1. The largest absolute Gasteiger partial charge is 0.466 e. The fourth-order valence-electron chi connectivity index (χ4n) is 3.80. The molecule has 0 bridgehead atoms. The lowest BCUT2D eigenvalue weighted by molar-refractivity contribution is -0.144. The molecule has 0 heterocycles. The number of hydrogen-bond acceptors (Lipinski definition) is 10. The maximum atomic E-state index is 12.9. The standard InChI is InChI=1S/C29H49NO9S/c1-4-37-26(33)18-12-7-10-16-24(31)23(30-25(32)17-11-8-13-19-27(34)38-5-2)22-40-29(36)21-15-9-14-20-28(35)39-6-3/h23H,4-22H2,1-3H3,(H,30,32). The molecule has 0 aliphatic heterocycles. The molecule has 0 saturated heterocycles. The van der Waals surface area contributed by atoms with Gasteiger partial charge in [0.05, 0.1) is 25.9 Å². The summed E-state index contributed by atoms with van der Waals surface area (Å²) in [4.78, 5) is 72.1. The van der Waals surface area contributed by atoms with Gasteiger partial charge in [0.2, 0.25) is 5.91 Å². The van der Waals surface area contributed by atoms with E-state index in [-0.39, 0.29) is 53.3 Å². The number of Topliss-reactive ketones (excluding diaryl/α,β-unsaturated/α-hetero) is 1. The van der Waals surface area contributed by atoms with Crippen LogP contribution in [0, 0.1) is 0 Å². The lowest BCUT2D eigenvalue weighted by Crippen LogP contribution is -2.42. The van der Waals surface area contributed by atoms with Crippen LogP contribution in [0.25, 0.3) is 0 Å². The average Bonchev–Trinajstić information content (AvgIpc) is 2.90. The Hall–Kier alpha value is -2.43. The highest BCUT2D eigenvalue weighted by atomic mass is 32.2. The minimum atomic E-state index is -0.769. The van der Waals surface area contributed by atoms with Crippen molar-refractivity contribution in [2.45, 2.75) is 123 Å². The zero-order valence-electron chi connectivity index (χ0n) is 24.6. The van der Waals surface area contributed by atoms with Gasteiger partial charge in [-0.3, -0.25) is 28.8 Å². The summed E-state index contributed by atoms with van der Waals surface area (Å²) in [5, 5.41) is 2.73. The quantitative estimate of drug-likeness (QED) is 0.0895. The Morgan fingerprint density at radius 3 is 1.40 bits per heavy atom. The third-order valence-corrected chi connectivity index (χ3v) is 6.93. The molecule has 0 spiro atoms. The molecule has 0 fully saturated rings. The number of unbranched alkanes of at least 4 members (excludes halogenated alkanes) is 6. The highest BCUT2D eigenvalue weighted by molar-refractivity contribution is 8.13. The zero-order valence-corrected chi connectivity index (χ0v) is 25.4. The Morgan fingerprint density at radius 2 is 0.950 bits per heavy atom. The summed E-state index contributed by atoms with van der Waals surface area (Å²) >= 11 is 1.04. The fraction of sp³-hybridized carbons (Fsp3) is 0.793. The summed E-state index contributed by atoms with van der Waals surface area (Å²) in [7, 11) is 0. The summed E-state index contributed by atoms with van der Waals surface area (Å²) in [5.41, 5.74) is 0. The smallest absolute Gasteiger partial charge is 0.305 e. The number of esters is 3. The minimum absolute atomic E-state index is 0.0587. The Balaban J connectivity index is 4.58. The van der Waals surface area contributed by atoms with Crippen LogP contribution >= 0.6 is 11.8 Å². The van der Waals surface area contributed by atoms with Gasteiger partial charge in [-0.15, -0.1) is 0 Å². The second kappa shape index (κ2) is 25.5. The molecular formula is C29H49NO9S. The topological polar surface area (TPSA) is 142 Å². The van der Waals surface area contributed by atoms with Gasteiger partial charge in [0.1, 0.15) is 0 Å². The summed E-state index contributed by atoms with van der Waals surface area (Å²) in [6.07, 6.45) is 7.57. The van der Waals surface area contributed by atoms with E-state index in [0.29, 0.717) is 96.9 Å². The van der Waals surface area contributed by atoms with Gasteiger partial charge in [-0.05, 0) is 59.3 Å². The molecule has 230 valence electrons. The van der Waals surface area contributed by atoms with E-state index in [1.807, 2.05) is 0 Å². The van der Waals surface area contributed by atoms with Crippen molar-refractivity contribution in [1.82, 2.24) is 5.32 Å². The van der Waals surface area contributed by atoms with Gasteiger partial charge in [0, 0.05) is 44.3 Å². The van der Waals surface area contributed by atoms with E-state index in [9.17, 15) is 28.8 Å². The Morgan fingerprint density at radius 1 is 0.550 bits per heavy atom. The third kappa shape index (κ3) is 22.4. The number of amides is 1. The molecule has 1 amide bonds. The van der Waals surface area contributed by atoms with Gasteiger partial charge in [0.15, 0.2) is 10.9 Å². The van der Waals surface area contributed by atoms with Gasteiger partial charge < -0.3 is 19.5 Å². The van der Waals surface area contributed by atoms with E-state index in [1.165, 1.54) is 0 Å². The lowest BCUT2D eigenvalue weighted by atomic mass is 10.1. The van der Waals surface area contributed by atoms with Crippen molar-refractivity contribution < 1.29 is 43.0 Å². The van der Waals surface area contributed by atoms with E-state index in [1.54, 1.807) is 20.8 Å². The Bertz CT molecular complexity index is 773. The molecular weight excluding hydrogens is 538 g/mol. The van der Waals surface area contributed by atoms with Gasteiger partial charge in [0.25, 0.3) is 0 Å². The molecule has 40 heavy (non-hydrogen) atoms. The maximum Gasteiger partial charge on any atom is 0.305 e. The first-order valence-electron chi connectivity index (χ1n) is 14.7. The van der Waals surface area contributed by atoms with E-state index in [0.717, 1.165) is 18.2 Å².